The summed E-state index contributed by atoms with van der Waals surface area (Å²) in [4.78, 5) is 2.19. The summed E-state index contributed by atoms with van der Waals surface area (Å²) in [6, 6.07) is 0. The molecule has 0 aromatic carbocycles. The summed E-state index contributed by atoms with van der Waals surface area (Å²) in [7, 11) is 4.19. The van der Waals surface area contributed by atoms with Crippen LogP contribution in [0, 0.1) is 5.41 Å². The second-order valence-electron chi connectivity index (χ2n) is 4.97. The van der Waals surface area contributed by atoms with Crippen molar-refractivity contribution in [3.05, 3.63) is 0 Å². The molecule has 0 amide bonds. The molecule has 2 N–H and O–H groups in total. The molecule has 3 nitrogen and oxygen atoms in total. The van der Waals surface area contributed by atoms with E-state index in [4.69, 9.17) is 5.11 Å². The third kappa shape index (κ3) is 8.48. The topological polar surface area (TPSA) is 35.5 Å². The van der Waals surface area contributed by atoms with Crippen LogP contribution in [0.5, 0.6) is 0 Å². The number of nitrogens with zero attached hydrogens (tertiary/aromatic N) is 1. The SMILES string of the molecule is CN(C)CCCNCC(C)(C)CCO. The van der Waals surface area contributed by atoms with Crippen LogP contribution in [-0.2, 0) is 0 Å². The minimum Gasteiger partial charge on any atom is -0.396 e. The van der Waals surface area contributed by atoms with E-state index < -0.39 is 0 Å². The first-order valence-corrected chi connectivity index (χ1v) is 5.44. The zero-order valence-electron chi connectivity index (χ0n) is 10.1. The summed E-state index contributed by atoms with van der Waals surface area (Å²) in [6.45, 7) is 7.83. The quantitative estimate of drug-likeness (QED) is 0.575. The molecule has 86 valence electrons. The number of hydrogen-bond donors (Lipinski definition) is 2. The first-order valence-electron chi connectivity index (χ1n) is 5.44. The van der Waals surface area contributed by atoms with Gasteiger partial charge in [-0.1, -0.05) is 13.8 Å². The van der Waals surface area contributed by atoms with Crippen LogP contribution in [0.2, 0.25) is 0 Å². The van der Waals surface area contributed by atoms with Crippen LogP contribution >= 0.6 is 0 Å². The van der Waals surface area contributed by atoms with Crippen LogP contribution in [0.3, 0.4) is 0 Å². The molecule has 14 heavy (non-hydrogen) atoms. The molecule has 0 rings (SSSR count). The summed E-state index contributed by atoms with van der Waals surface area (Å²) >= 11 is 0. The highest BCUT2D eigenvalue weighted by Crippen LogP contribution is 2.17. The van der Waals surface area contributed by atoms with Gasteiger partial charge in [-0.3, -0.25) is 0 Å². The molecule has 0 fully saturated rings. The largest absolute Gasteiger partial charge is 0.396 e. The highest BCUT2D eigenvalue weighted by atomic mass is 16.3. The van der Waals surface area contributed by atoms with Crippen LogP contribution in [0.25, 0.3) is 0 Å². The first-order chi connectivity index (χ1) is 6.48. The Morgan fingerprint density at radius 3 is 2.43 bits per heavy atom. The molecule has 0 aromatic heterocycles. The number of nitrogens with one attached hydrogen (secondary N) is 1. The van der Waals surface area contributed by atoms with Crippen molar-refractivity contribution >= 4 is 0 Å². The molecular formula is C11H26N2O. The Hall–Kier alpha value is -0.120. The maximum absolute atomic E-state index is 8.84. The normalized spacial score (nSPS) is 12.4. The monoisotopic (exact) mass is 202 g/mol. The standard InChI is InChI=1S/C11H26N2O/c1-11(2,6-9-14)10-12-7-5-8-13(3)4/h12,14H,5-10H2,1-4H3. The molecule has 0 aromatic rings. The van der Waals surface area contributed by atoms with Gasteiger partial charge in [0.15, 0.2) is 0 Å². The molecule has 0 atom stereocenters. The molecule has 0 radical (unpaired) electrons. The van der Waals surface area contributed by atoms with Crippen molar-refractivity contribution in [3.63, 3.8) is 0 Å². The summed E-state index contributed by atoms with van der Waals surface area (Å²) in [6.07, 6.45) is 2.05. The van der Waals surface area contributed by atoms with Gasteiger partial charge >= 0.3 is 0 Å². The predicted molar refractivity (Wildman–Crippen MR) is 61.5 cm³/mol. The van der Waals surface area contributed by atoms with Gasteiger partial charge in [0.25, 0.3) is 0 Å². The van der Waals surface area contributed by atoms with Gasteiger partial charge < -0.3 is 15.3 Å². The van der Waals surface area contributed by atoms with Crippen molar-refractivity contribution in [2.24, 2.45) is 5.41 Å². The maximum Gasteiger partial charge on any atom is 0.0436 e. The second-order valence-corrected chi connectivity index (χ2v) is 4.97. The van der Waals surface area contributed by atoms with Crippen molar-refractivity contribution in [1.29, 1.82) is 0 Å². The predicted octanol–water partition coefficient (Wildman–Crippen LogP) is 0.936. The second kappa shape index (κ2) is 7.21. The summed E-state index contributed by atoms with van der Waals surface area (Å²) in [5.41, 5.74) is 0.215. The number of rotatable bonds is 8. The fraction of sp³-hybridized carbons (Fsp3) is 1.00. The third-order valence-electron chi connectivity index (χ3n) is 2.35. The molecule has 3 heteroatoms. The average Bonchev–Trinajstić information content (AvgIpc) is 2.02. The fourth-order valence-electron chi connectivity index (χ4n) is 1.34. The van der Waals surface area contributed by atoms with E-state index in [0.717, 1.165) is 26.1 Å². The van der Waals surface area contributed by atoms with E-state index in [-0.39, 0.29) is 12.0 Å². The van der Waals surface area contributed by atoms with Gasteiger partial charge in [-0.2, -0.15) is 0 Å². The Labute approximate surface area is 88.5 Å². The van der Waals surface area contributed by atoms with Gasteiger partial charge in [-0.05, 0) is 45.4 Å². The Kier molecular flexibility index (Phi) is 7.15. The molecule has 0 unspecified atom stereocenters. The summed E-state index contributed by atoms with van der Waals surface area (Å²) < 4.78 is 0. The summed E-state index contributed by atoms with van der Waals surface area (Å²) in [5.74, 6) is 0. The smallest absolute Gasteiger partial charge is 0.0436 e. The fourth-order valence-corrected chi connectivity index (χ4v) is 1.34. The van der Waals surface area contributed by atoms with Gasteiger partial charge in [0.2, 0.25) is 0 Å². The van der Waals surface area contributed by atoms with Crippen LogP contribution in [0.1, 0.15) is 26.7 Å². The van der Waals surface area contributed by atoms with Gasteiger partial charge in [-0.15, -0.1) is 0 Å². The molecule has 0 saturated heterocycles. The van der Waals surface area contributed by atoms with Crippen molar-refractivity contribution in [3.8, 4) is 0 Å². The van der Waals surface area contributed by atoms with E-state index in [1.807, 2.05) is 0 Å². The zero-order valence-corrected chi connectivity index (χ0v) is 10.1. The van der Waals surface area contributed by atoms with Crippen LogP contribution < -0.4 is 5.32 Å². The lowest BCUT2D eigenvalue weighted by Crippen LogP contribution is -2.31. The van der Waals surface area contributed by atoms with Gasteiger partial charge in [0.05, 0.1) is 0 Å². The van der Waals surface area contributed by atoms with E-state index in [9.17, 15) is 0 Å². The third-order valence-corrected chi connectivity index (χ3v) is 2.35. The molecule has 0 aliphatic rings. The average molecular weight is 202 g/mol. The lowest BCUT2D eigenvalue weighted by atomic mass is 9.90. The van der Waals surface area contributed by atoms with Crippen molar-refractivity contribution in [1.82, 2.24) is 10.2 Å². The highest BCUT2D eigenvalue weighted by Gasteiger charge is 2.15. The van der Waals surface area contributed by atoms with E-state index in [0.29, 0.717) is 0 Å². The molecule has 0 heterocycles. The minimum absolute atomic E-state index is 0.215. The number of aliphatic hydroxyl groups excluding tert-OH is 1. The van der Waals surface area contributed by atoms with E-state index in [2.05, 4.69) is 38.2 Å². The van der Waals surface area contributed by atoms with Crippen LogP contribution in [0.4, 0.5) is 0 Å². The Morgan fingerprint density at radius 1 is 1.29 bits per heavy atom. The van der Waals surface area contributed by atoms with Gasteiger partial charge in [0.1, 0.15) is 0 Å². The highest BCUT2D eigenvalue weighted by molar-refractivity contribution is 4.70. The number of hydrogen-bond acceptors (Lipinski definition) is 3. The summed E-state index contributed by atoms with van der Waals surface area (Å²) in [5, 5.41) is 12.3. The molecule has 0 aliphatic carbocycles. The molecular weight excluding hydrogens is 176 g/mol. The maximum atomic E-state index is 8.84. The van der Waals surface area contributed by atoms with E-state index in [1.165, 1.54) is 6.42 Å². The minimum atomic E-state index is 0.215. The lowest BCUT2D eigenvalue weighted by molar-refractivity contribution is 0.207. The van der Waals surface area contributed by atoms with Crippen LogP contribution in [-0.4, -0.2) is 50.3 Å². The molecule has 0 aliphatic heterocycles. The van der Waals surface area contributed by atoms with E-state index >= 15 is 0 Å². The molecule has 0 spiro atoms. The van der Waals surface area contributed by atoms with Crippen molar-refractivity contribution < 1.29 is 5.11 Å². The molecule has 0 saturated carbocycles. The molecule has 0 bridgehead atoms. The lowest BCUT2D eigenvalue weighted by Gasteiger charge is -2.24. The Morgan fingerprint density at radius 2 is 1.93 bits per heavy atom. The Balaban J connectivity index is 3.34. The zero-order chi connectivity index (χ0) is 11.0. The van der Waals surface area contributed by atoms with E-state index in [1.54, 1.807) is 0 Å². The van der Waals surface area contributed by atoms with Crippen molar-refractivity contribution in [2.45, 2.75) is 26.7 Å². The Bertz CT molecular complexity index is 135. The first kappa shape index (κ1) is 13.9. The van der Waals surface area contributed by atoms with Crippen molar-refractivity contribution in [2.75, 3.05) is 40.3 Å². The van der Waals surface area contributed by atoms with Gasteiger partial charge in [0, 0.05) is 13.2 Å². The van der Waals surface area contributed by atoms with Crippen LogP contribution in [0.15, 0.2) is 0 Å². The number of aliphatic hydroxyl groups is 1. The van der Waals surface area contributed by atoms with Gasteiger partial charge in [-0.25, -0.2) is 0 Å².